The van der Waals surface area contributed by atoms with Crippen LogP contribution in [0.1, 0.15) is 20.8 Å². The fraction of sp³-hybridized carbons (Fsp3) is 0.429. The molecule has 0 unspecified atom stereocenters. The Morgan fingerprint density at radius 2 is 1.90 bits per heavy atom. The van der Waals surface area contributed by atoms with Gasteiger partial charge in [0.1, 0.15) is 5.75 Å². The lowest BCUT2D eigenvalue weighted by Crippen LogP contribution is -2.36. The number of esters is 1. The van der Waals surface area contributed by atoms with Crippen molar-refractivity contribution >= 4 is 35.1 Å². The predicted molar refractivity (Wildman–Crippen MR) is 80.8 cm³/mol. The standard InChI is InChI=1S/C14H17Cl2NO4/c1-8(2)17-13(18)7-20-14(19)9(3)21-12-5-4-10(15)6-11(12)16/h4-6,8-9H,7H2,1-3H3,(H,17,18)/t9-/m0/s1. The van der Waals surface area contributed by atoms with Gasteiger partial charge in [-0.05, 0) is 39.0 Å². The van der Waals surface area contributed by atoms with Crippen LogP contribution in [0, 0.1) is 0 Å². The highest BCUT2D eigenvalue weighted by Crippen LogP contribution is 2.28. The minimum absolute atomic E-state index is 0.0160. The fourth-order valence-electron chi connectivity index (χ4n) is 1.43. The predicted octanol–water partition coefficient (Wildman–Crippen LogP) is 2.83. The number of carbonyl (C=O) groups excluding carboxylic acids is 2. The second-order valence-electron chi connectivity index (χ2n) is 4.66. The maximum absolute atomic E-state index is 11.7. The molecule has 0 aliphatic carbocycles. The quantitative estimate of drug-likeness (QED) is 0.813. The normalized spacial score (nSPS) is 11.9. The molecular weight excluding hydrogens is 317 g/mol. The number of nitrogens with one attached hydrogen (secondary N) is 1. The molecule has 0 saturated carbocycles. The molecule has 0 heterocycles. The van der Waals surface area contributed by atoms with Crippen molar-refractivity contribution in [2.24, 2.45) is 0 Å². The van der Waals surface area contributed by atoms with E-state index in [0.717, 1.165) is 0 Å². The summed E-state index contributed by atoms with van der Waals surface area (Å²) in [6, 6.07) is 4.64. The lowest BCUT2D eigenvalue weighted by molar-refractivity contribution is -0.154. The van der Waals surface area contributed by atoms with Gasteiger partial charge in [0.05, 0.1) is 5.02 Å². The molecular formula is C14H17Cl2NO4. The second kappa shape index (κ2) is 8.10. The molecule has 1 rings (SSSR count). The van der Waals surface area contributed by atoms with Crippen LogP contribution in [-0.2, 0) is 14.3 Å². The van der Waals surface area contributed by atoms with E-state index in [1.165, 1.54) is 13.0 Å². The maximum Gasteiger partial charge on any atom is 0.347 e. The van der Waals surface area contributed by atoms with E-state index in [4.69, 9.17) is 32.7 Å². The molecule has 1 aromatic carbocycles. The summed E-state index contributed by atoms with van der Waals surface area (Å²) in [6.07, 6.45) is -0.893. The molecule has 0 radical (unpaired) electrons. The molecule has 0 spiro atoms. The second-order valence-corrected chi connectivity index (χ2v) is 5.51. The molecule has 0 fully saturated rings. The summed E-state index contributed by atoms with van der Waals surface area (Å²) in [4.78, 5) is 23.1. The molecule has 5 nitrogen and oxygen atoms in total. The summed E-state index contributed by atoms with van der Waals surface area (Å²) < 4.78 is 10.2. The smallest absolute Gasteiger partial charge is 0.347 e. The van der Waals surface area contributed by atoms with Crippen LogP contribution in [0.25, 0.3) is 0 Å². The van der Waals surface area contributed by atoms with Gasteiger partial charge in [0.15, 0.2) is 12.7 Å². The summed E-state index contributed by atoms with van der Waals surface area (Å²) in [5.74, 6) is -0.702. The molecule has 0 aromatic heterocycles. The maximum atomic E-state index is 11.7. The molecule has 7 heteroatoms. The zero-order valence-corrected chi connectivity index (χ0v) is 13.5. The van der Waals surface area contributed by atoms with E-state index in [1.807, 2.05) is 13.8 Å². The van der Waals surface area contributed by atoms with E-state index in [2.05, 4.69) is 5.32 Å². The van der Waals surface area contributed by atoms with Gasteiger partial charge in [0.25, 0.3) is 5.91 Å². The Morgan fingerprint density at radius 1 is 1.24 bits per heavy atom. The van der Waals surface area contributed by atoms with Gasteiger partial charge in [-0.1, -0.05) is 23.2 Å². The van der Waals surface area contributed by atoms with E-state index < -0.39 is 12.1 Å². The summed E-state index contributed by atoms with van der Waals surface area (Å²) in [6.45, 7) is 4.79. The first-order valence-corrected chi connectivity index (χ1v) is 7.13. The van der Waals surface area contributed by atoms with Gasteiger partial charge in [-0.2, -0.15) is 0 Å². The molecule has 0 aliphatic heterocycles. The number of amides is 1. The number of halogens is 2. The van der Waals surface area contributed by atoms with E-state index in [9.17, 15) is 9.59 Å². The highest BCUT2D eigenvalue weighted by Gasteiger charge is 2.19. The zero-order chi connectivity index (χ0) is 16.0. The Balaban J connectivity index is 2.49. The number of carbonyl (C=O) groups is 2. The van der Waals surface area contributed by atoms with Crippen LogP contribution < -0.4 is 10.1 Å². The summed E-state index contributed by atoms with van der Waals surface area (Å²) in [7, 11) is 0. The SMILES string of the molecule is CC(C)NC(=O)COC(=O)[C@H](C)Oc1ccc(Cl)cc1Cl. The van der Waals surface area contributed by atoms with Gasteiger partial charge < -0.3 is 14.8 Å². The largest absolute Gasteiger partial charge is 0.477 e. The van der Waals surface area contributed by atoms with Crippen molar-refractivity contribution in [3.8, 4) is 5.75 Å². The third-order valence-electron chi connectivity index (χ3n) is 2.32. The van der Waals surface area contributed by atoms with E-state index >= 15 is 0 Å². The van der Waals surface area contributed by atoms with Crippen LogP contribution in [0.15, 0.2) is 18.2 Å². The summed E-state index contributed by atoms with van der Waals surface area (Å²) in [5, 5.41) is 3.37. The minimum atomic E-state index is -0.893. The zero-order valence-electron chi connectivity index (χ0n) is 12.0. The average molecular weight is 334 g/mol. The van der Waals surface area contributed by atoms with Gasteiger partial charge in [0, 0.05) is 11.1 Å². The van der Waals surface area contributed by atoms with Gasteiger partial charge >= 0.3 is 5.97 Å². The van der Waals surface area contributed by atoms with Crippen molar-refractivity contribution in [1.29, 1.82) is 0 Å². The van der Waals surface area contributed by atoms with Crippen LogP contribution in [-0.4, -0.2) is 30.6 Å². The highest BCUT2D eigenvalue weighted by atomic mass is 35.5. The highest BCUT2D eigenvalue weighted by molar-refractivity contribution is 6.35. The van der Waals surface area contributed by atoms with Crippen molar-refractivity contribution in [3.05, 3.63) is 28.2 Å². The van der Waals surface area contributed by atoms with E-state index in [-0.39, 0.29) is 18.6 Å². The first-order valence-electron chi connectivity index (χ1n) is 6.37. The van der Waals surface area contributed by atoms with Crippen molar-refractivity contribution in [2.75, 3.05) is 6.61 Å². The molecule has 0 bridgehead atoms. The van der Waals surface area contributed by atoms with Gasteiger partial charge in [-0.25, -0.2) is 4.79 Å². The lowest BCUT2D eigenvalue weighted by Gasteiger charge is -2.15. The number of hydrogen-bond donors (Lipinski definition) is 1. The van der Waals surface area contributed by atoms with Crippen molar-refractivity contribution in [1.82, 2.24) is 5.32 Å². The average Bonchev–Trinajstić information content (AvgIpc) is 2.38. The number of hydrogen-bond acceptors (Lipinski definition) is 4. The van der Waals surface area contributed by atoms with E-state index in [1.54, 1.807) is 12.1 Å². The lowest BCUT2D eigenvalue weighted by atomic mass is 10.3. The van der Waals surface area contributed by atoms with Crippen molar-refractivity contribution in [3.63, 3.8) is 0 Å². The Hall–Kier alpha value is -1.46. The third-order valence-corrected chi connectivity index (χ3v) is 2.86. The van der Waals surface area contributed by atoms with Crippen LogP contribution >= 0.6 is 23.2 Å². The number of rotatable bonds is 6. The Bertz CT molecular complexity index is 520. The molecule has 116 valence electrons. The van der Waals surface area contributed by atoms with Gasteiger partial charge in [-0.3, -0.25) is 4.79 Å². The monoisotopic (exact) mass is 333 g/mol. The number of ether oxygens (including phenoxy) is 2. The third kappa shape index (κ3) is 6.23. The Labute approximate surface area is 133 Å². The Kier molecular flexibility index (Phi) is 6.78. The first-order chi connectivity index (χ1) is 9.79. The molecule has 0 saturated heterocycles. The van der Waals surface area contributed by atoms with Crippen molar-refractivity contribution < 1.29 is 19.1 Å². The van der Waals surface area contributed by atoms with E-state index in [0.29, 0.717) is 15.8 Å². The molecule has 1 amide bonds. The first kappa shape index (κ1) is 17.6. The van der Waals surface area contributed by atoms with Gasteiger partial charge in [-0.15, -0.1) is 0 Å². The Morgan fingerprint density at radius 3 is 2.48 bits per heavy atom. The molecule has 1 aromatic rings. The molecule has 21 heavy (non-hydrogen) atoms. The van der Waals surface area contributed by atoms with Crippen molar-refractivity contribution in [2.45, 2.75) is 32.9 Å². The summed E-state index contributed by atoms with van der Waals surface area (Å²) >= 11 is 11.7. The van der Waals surface area contributed by atoms with Crippen LogP contribution in [0.5, 0.6) is 5.75 Å². The van der Waals surface area contributed by atoms with Crippen LogP contribution in [0.4, 0.5) is 0 Å². The minimum Gasteiger partial charge on any atom is -0.477 e. The topological polar surface area (TPSA) is 64.6 Å². The molecule has 0 aliphatic rings. The molecule has 1 N–H and O–H groups in total. The summed E-state index contributed by atoms with van der Waals surface area (Å²) in [5.41, 5.74) is 0. The van der Waals surface area contributed by atoms with Crippen LogP contribution in [0.2, 0.25) is 10.0 Å². The van der Waals surface area contributed by atoms with Gasteiger partial charge in [0.2, 0.25) is 0 Å². The van der Waals surface area contributed by atoms with Crippen LogP contribution in [0.3, 0.4) is 0 Å². The number of benzene rings is 1. The molecule has 1 atom stereocenters. The fourth-order valence-corrected chi connectivity index (χ4v) is 1.88.